The summed E-state index contributed by atoms with van der Waals surface area (Å²) in [4.78, 5) is 39.9. The molecule has 10 heteroatoms. The van der Waals surface area contributed by atoms with E-state index in [-0.39, 0.29) is 12.5 Å². The minimum absolute atomic E-state index is 0.0544. The number of aryl methyl sites for hydroxylation is 2. The Bertz CT molecular complexity index is 1550. The Labute approximate surface area is 211 Å². The molecule has 2 aromatic carbocycles. The number of carbonyl (C=O) groups is 1. The number of hydrogen-bond acceptors (Lipinski definition) is 7. The summed E-state index contributed by atoms with van der Waals surface area (Å²) in [7, 11) is 4.57. The fourth-order valence-corrected chi connectivity index (χ4v) is 5.03. The van der Waals surface area contributed by atoms with E-state index in [0.29, 0.717) is 33.0 Å². The zero-order valence-electron chi connectivity index (χ0n) is 20.4. The van der Waals surface area contributed by atoms with Gasteiger partial charge in [0.2, 0.25) is 0 Å². The van der Waals surface area contributed by atoms with Crippen LogP contribution in [-0.4, -0.2) is 34.4 Å². The van der Waals surface area contributed by atoms with Gasteiger partial charge in [-0.15, -0.1) is 11.3 Å². The molecule has 0 radical (unpaired) electrons. The monoisotopic (exact) mass is 509 g/mol. The molecule has 0 saturated heterocycles. The van der Waals surface area contributed by atoms with Crippen molar-refractivity contribution in [2.45, 2.75) is 26.3 Å². The summed E-state index contributed by atoms with van der Waals surface area (Å²) in [6.45, 7) is 2.17. The maximum Gasteiger partial charge on any atom is 0.332 e. The Balaban J connectivity index is 1.62. The fourth-order valence-electron chi connectivity index (χ4n) is 4.01. The van der Waals surface area contributed by atoms with E-state index in [4.69, 9.17) is 9.47 Å². The second-order valence-corrected chi connectivity index (χ2v) is 9.41. The highest BCUT2D eigenvalue weighted by molar-refractivity contribution is 7.20. The quantitative estimate of drug-likeness (QED) is 0.353. The van der Waals surface area contributed by atoms with Crippen LogP contribution in [0.3, 0.4) is 0 Å². The predicted molar refractivity (Wildman–Crippen MR) is 138 cm³/mol. The number of ether oxygens (including phenoxy) is 2. The highest BCUT2D eigenvalue weighted by Crippen LogP contribution is 2.23. The number of aliphatic hydroxyl groups is 1. The van der Waals surface area contributed by atoms with E-state index in [1.165, 1.54) is 17.7 Å². The van der Waals surface area contributed by atoms with E-state index < -0.39 is 17.5 Å². The number of thiophene rings is 1. The van der Waals surface area contributed by atoms with Crippen molar-refractivity contribution in [3.63, 3.8) is 0 Å². The van der Waals surface area contributed by atoms with E-state index in [9.17, 15) is 19.5 Å². The molecule has 0 aliphatic carbocycles. The summed E-state index contributed by atoms with van der Waals surface area (Å²) in [5.41, 5.74) is 2.05. The number of methoxy groups -OCH3 is 2. The van der Waals surface area contributed by atoms with Gasteiger partial charge in [-0.25, -0.2) is 4.79 Å². The minimum Gasteiger partial charge on any atom is -0.497 e. The Kier molecular flexibility index (Phi) is 7.39. The molecular formula is C26H27N3O6S. The average Bonchev–Trinajstić information content (AvgIpc) is 3.34. The van der Waals surface area contributed by atoms with Gasteiger partial charge in [0.05, 0.1) is 23.9 Å². The van der Waals surface area contributed by atoms with Crippen molar-refractivity contribution in [3.8, 4) is 5.75 Å². The van der Waals surface area contributed by atoms with E-state index >= 15 is 0 Å². The third-order valence-corrected chi connectivity index (χ3v) is 7.20. The number of carbonyl (C=O) groups excluding carboxylic acids is 1. The lowest BCUT2D eigenvalue weighted by Crippen LogP contribution is -2.38. The van der Waals surface area contributed by atoms with E-state index in [2.05, 4.69) is 5.32 Å². The summed E-state index contributed by atoms with van der Waals surface area (Å²) in [5, 5.41) is 13.1. The molecule has 0 saturated carbocycles. The Morgan fingerprint density at radius 1 is 1.11 bits per heavy atom. The zero-order chi connectivity index (χ0) is 26.0. The minimum atomic E-state index is -1.05. The average molecular weight is 510 g/mol. The van der Waals surface area contributed by atoms with Gasteiger partial charge in [-0.05, 0) is 41.8 Å². The molecule has 0 aliphatic heterocycles. The molecule has 2 aromatic heterocycles. The van der Waals surface area contributed by atoms with E-state index in [1.54, 1.807) is 32.4 Å². The third-order valence-electron chi connectivity index (χ3n) is 5.99. The molecule has 2 N–H and O–H groups in total. The molecule has 1 amide bonds. The molecule has 188 valence electrons. The molecule has 0 fully saturated rings. The van der Waals surface area contributed by atoms with Gasteiger partial charge in [0, 0.05) is 26.3 Å². The van der Waals surface area contributed by atoms with E-state index in [0.717, 1.165) is 32.6 Å². The molecular weight excluding hydrogens is 482 g/mol. The molecule has 4 rings (SSSR count). The summed E-state index contributed by atoms with van der Waals surface area (Å²) in [6.07, 6.45) is -1.05. The van der Waals surface area contributed by atoms with Gasteiger partial charge in [0.25, 0.3) is 11.5 Å². The number of rotatable bonds is 8. The van der Waals surface area contributed by atoms with Gasteiger partial charge < -0.3 is 19.9 Å². The van der Waals surface area contributed by atoms with Crippen molar-refractivity contribution in [1.82, 2.24) is 14.5 Å². The van der Waals surface area contributed by atoms with Crippen molar-refractivity contribution in [2.75, 3.05) is 14.2 Å². The molecule has 1 atom stereocenters. The molecule has 0 bridgehead atoms. The lowest BCUT2D eigenvalue weighted by Gasteiger charge is -2.14. The van der Waals surface area contributed by atoms with Gasteiger partial charge in [0.1, 0.15) is 10.6 Å². The first-order chi connectivity index (χ1) is 17.2. The number of amides is 1. The van der Waals surface area contributed by atoms with Crippen LogP contribution in [0.2, 0.25) is 0 Å². The molecule has 1 unspecified atom stereocenters. The lowest BCUT2D eigenvalue weighted by atomic mass is 10.0. The molecule has 0 spiro atoms. The number of aromatic nitrogens is 2. The topological polar surface area (TPSA) is 112 Å². The highest BCUT2D eigenvalue weighted by atomic mass is 32.1. The molecule has 9 nitrogen and oxygen atoms in total. The number of benzene rings is 2. The van der Waals surface area contributed by atoms with Crippen LogP contribution in [0.5, 0.6) is 5.75 Å². The maximum atomic E-state index is 13.2. The van der Waals surface area contributed by atoms with Crippen molar-refractivity contribution < 1.29 is 19.4 Å². The number of aliphatic hydroxyl groups excluding tert-OH is 1. The number of nitrogens with one attached hydrogen (secondary N) is 1. The van der Waals surface area contributed by atoms with Crippen LogP contribution in [0.4, 0.5) is 0 Å². The maximum absolute atomic E-state index is 13.2. The second-order valence-electron chi connectivity index (χ2n) is 8.38. The first-order valence-corrected chi connectivity index (χ1v) is 12.0. The van der Waals surface area contributed by atoms with Crippen LogP contribution in [0.1, 0.15) is 38.2 Å². The summed E-state index contributed by atoms with van der Waals surface area (Å²) in [6, 6.07) is 14.2. The molecule has 2 heterocycles. The fraction of sp³-hybridized carbons (Fsp3) is 0.269. The second kappa shape index (κ2) is 10.5. The normalized spacial score (nSPS) is 12.0. The van der Waals surface area contributed by atoms with Crippen molar-refractivity contribution in [3.05, 3.63) is 96.5 Å². The van der Waals surface area contributed by atoms with Crippen LogP contribution >= 0.6 is 11.3 Å². The number of hydrogen-bond donors (Lipinski definition) is 2. The number of nitrogens with zero attached hydrogens (tertiary/aromatic N) is 2. The Morgan fingerprint density at radius 2 is 1.89 bits per heavy atom. The van der Waals surface area contributed by atoms with Crippen LogP contribution < -0.4 is 21.3 Å². The van der Waals surface area contributed by atoms with Gasteiger partial charge >= 0.3 is 5.69 Å². The highest BCUT2D eigenvalue weighted by Gasteiger charge is 2.18. The molecule has 4 aromatic rings. The van der Waals surface area contributed by atoms with Gasteiger partial charge in [-0.3, -0.25) is 18.7 Å². The molecule has 0 aliphatic rings. The Morgan fingerprint density at radius 3 is 2.58 bits per heavy atom. The standard InChI is InChI=1S/C26H27N3O6S/c1-15-10-17(8-9-19(15)25(32)35-4)14-29-23(31)20-12-21(36-24(20)28(2)26(29)33)22(30)27-13-16-6-5-7-18(11-16)34-3/h5-12,25,32H,13-14H2,1-4H3,(H,27,30). The summed E-state index contributed by atoms with van der Waals surface area (Å²) >= 11 is 1.10. The van der Waals surface area contributed by atoms with Crippen LogP contribution in [0, 0.1) is 6.92 Å². The van der Waals surface area contributed by atoms with Crippen LogP contribution in [0.25, 0.3) is 10.2 Å². The van der Waals surface area contributed by atoms with Gasteiger partial charge in [-0.2, -0.15) is 0 Å². The van der Waals surface area contributed by atoms with Gasteiger partial charge in [0.15, 0.2) is 6.29 Å². The first kappa shape index (κ1) is 25.4. The molecule has 36 heavy (non-hydrogen) atoms. The lowest BCUT2D eigenvalue weighted by molar-refractivity contribution is -0.0773. The van der Waals surface area contributed by atoms with Crippen molar-refractivity contribution in [2.24, 2.45) is 7.05 Å². The van der Waals surface area contributed by atoms with Crippen molar-refractivity contribution in [1.29, 1.82) is 0 Å². The first-order valence-electron chi connectivity index (χ1n) is 11.2. The SMILES string of the molecule is COc1cccc(CNC(=O)c2cc3c(=O)n(Cc4ccc(C(O)OC)c(C)c4)c(=O)n(C)c3s2)c1. The largest absolute Gasteiger partial charge is 0.497 e. The van der Waals surface area contributed by atoms with Gasteiger partial charge in [-0.1, -0.05) is 30.3 Å². The zero-order valence-corrected chi connectivity index (χ0v) is 21.2. The Hall–Kier alpha value is -3.73. The van der Waals surface area contributed by atoms with Crippen molar-refractivity contribution >= 4 is 27.5 Å². The van der Waals surface area contributed by atoms with Crippen LogP contribution in [-0.2, 0) is 24.9 Å². The smallest absolute Gasteiger partial charge is 0.332 e. The van der Waals surface area contributed by atoms with Crippen LogP contribution in [0.15, 0.2) is 58.1 Å². The third kappa shape index (κ3) is 4.97. The number of fused-ring (bicyclic) bond motifs is 1. The summed E-state index contributed by atoms with van der Waals surface area (Å²) in [5.74, 6) is 0.360. The predicted octanol–water partition coefficient (Wildman–Crippen LogP) is 2.69. The van der Waals surface area contributed by atoms with E-state index in [1.807, 2.05) is 31.2 Å². The summed E-state index contributed by atoms with van der Waals surface area (Å²) < 4.78 is 12.7.